The van der Waals surface area contributed by atoms with Crippen molar-refractivity contribution < 1.29 is 13.6 Å². The molecular formula is C16H24F2N2O. The number of halogens is 2. The zero-order valence-electron chi connectivity index (χ0n) is 13.0. The molecule has 1 aromatic carbocycles. The van der Waals surface area contributed by atoms with E-state index in [0.29, 0.717) is 6.42 Å². The van der Waals surface area contributed by atoms with E-state index in [4.69, 9.17) is 5.73 Å². The van der Waals surface area contributed by atoms with E-state index in [0.717, 1.165) is 12.5 Å². The minimum Gasteiger partial charge on any atom is -0.347 e. The number of carbonyl (C=O) groups excluding carboxylic acids is 1. The van der Waals surface area contributed by atoms with Gasteiger partial charge in [0.15, 0.2) is 0 Å². The number of rotatable bonds is 5. The Kier molecular flexibility index (Phi) is 5.84. The number of nitrogens with two attached hydrogens (primary N) is 1. The quantitative estimate of drug-likeness (QED) is 0.876. The molecule has 3 N–H and O–H groups in total. The van der Waals surface area contributed by atoms with Gasteiger partial charge < -0.3 is 11.1 Å². The number of hydrogen-bond acceptors (Lipinski definition) is 2. The van der Waals surface area contributed by atoms with Crippen LogP contribution in [0, 0.1) is 17.0 Å². The van der Waals surface area contributed by atoms with Crippen molar-refractivity contribution in [3.63, 3.8) is 0 Å². The van der Waals surface area contributed by atoms with Gasteiger partial charge in [-0.05, 0) is 17.9 Å². The Morgan fingerprint density at radius 1 is 1.33 bits per heavy atom. The molecule has 0 fully saturated rings. The fourth-order valence-electron chi connectivity index (χ4n) is 2.19. The van der Waals surface area contributed by atoms with Crippen molar-refractivity contribution >= 4 is 5.91 Å². The van der Waals surface area contributed by atoms with Crippen molar-refractivity contribution in [3.05, 3.63) is 35.4 Å². The maximum absolute atomic E-state index is 14.0. The van der Waals surface area contributed by atoms with Crippen molar-refractivity contribution in [1.29, 1.82) is 0 Å². The lowest BCUT2D eigenvalue weighted by molar-refractivity contribution is -0.124. The highest BCUT2D eigenvalue weighted by Crippen LogP contribution is 2.34. The largest absolute Gasteiger partial charge is 0.347 e. The first-order valence-electron chi connectivity index (χ1n) is 7.17. The van der Waals surface area contributed by atoms with Crippen LogP contribution in [0.5, 0.6) is 0 Å². The third-order valence-corrected chi connectivity index (χ3v) is 3.36. The lowest BCUT2D eigenvalue weighted by atomic mass is 9.82. The number of hydrogen-bond donors (Lipinski definition) is 2. The normalized spacial score (nSPS) is 14.6. The molecular weight excluding hydrogens is 274 g/mol. The second kappa shape index (κ2) is 6.98. The van der Waals surface area contributed by atoms with Crippen LogP contribution >= 0.6 is 0 Å². The van der Waals surface area contributed by atoms with Gasteiger partial charge in [0.2, 0.25) is 5.91 Å². The molecule has 0 saturated carbocycles. The van der Waals surface area contributed by atoms with E-state index < -0.39 is 29.1 Å². The summed E-state index contributed by atoms with van der Waals surface area (Å²) in [5.74, 6) is -1.63. The van der Waals surface area contributed by atoms with Gasteiger partial charge in [0.1, 0.15) is 11.6 Å². The fourth-order valence-corrected chi connectivity index (χ4v) is 2.19. The summed E-state index contributed by atoms with van der Waals surface area (Å²) >= 11 is 0. The molecule has 0 aliphatic rings. The Labute approximate surface area is 124 Å². The van der Waals surface area contributed by atoms with Crippen LogP contribution in [0.25, 0.3) is 0 Å². The molecule has 3 nitrogen and oxygen atoms in total. The maximum atomic E-state index is 14.0. The molecule has 1 rings (SSSR count). The predicted molar refractivity (Wildman–Crippen MR) is 79.6 cm³/mol. The third-order valence-electron chi connectivity index (χ3n) is 3.36. The van der Waals surface area contributed by atoms with Crippen molar-refractivity contribution in [3.8, 4) is 0 Å². The summed E-state index contributed by atoms with van der Waals surface area (Å²) in [6.07, 6.45) is 1.36. The molecule has 1 amide bonds. The predicted octanol–water partition coefficient (Wildman–Crippen LogP) is 3.30. The molecule has 0 radical (unpaired) electrons. The Balaban J connectivity index is 3.05. The Hall–Kier alpha value is -1.49. The molecule has 0 aliphatic heterocycles. The van der Waals surface area contributed by atoms with Crippen LogP contribution in [0.2, 0.25) is 0 Å². The van der Waals surface area contributed by atoms with Gasteiger partial charge >= 0.3 is 0 Å². The first kappa shape index (κ1) is 17.6. The first-order chi connectivity index (χ1) is 9.66. The van der Waals surface area contributed by atoms with Gasteiger partial charge in [0.05, 0.1) is 12.1 Å². The fraction of sp³-hybridized carbons (Fsp3) is 0.562. The highest BCUT2D eigenvalue weighted by molar-refractivity contribution is 5.82. The lowest BCUT2D eigenvalue weighted by Gasteiger charge is -2.33. The zero-order chi connectivity index (χ0) is 16.2. The van der Waals surface area contributed by atoms with Crippen molar-refractivity contribution in [2.24, 2.45) is 11.1 Å². The van der Waals surface area contributed by atoms with Crippen molar-refractivity contribution in [1.82, 2.24) is 5.32 Å². The van der Waals surface area contributed by atoms with E-state index in [1.807, 2.05) is 27.7 Å². The Morgan fingerprint density at radius 2 is 1.95 bits per heavy atom. The SMILES string of the molecule is CCCC(N)C(=O)NC(c1ccc(F)cc1F)C(C)(C)C. The van der Waals surface area contributed by atoms with E-state index in [2.05, 4.69) is 5.32 Å². The van der Waals surface area contributed by atoms with Gasteiger partial charge in [-0.3, -0.25) is 4.79 Å². The summed E-state index contributed by atoms with van der Waals surface area (Å²) < 4.78 is 27.1. The third kappa shape index (κ3) is 4.77. The van der Waals surface area contributed by atoms with Crippen molar-refractivity contribution in [2.45, 2.75) is 52.6 Å². The molecule has 0 heterocycles. The van der Waals surface area contributed by atoms with Gasteiger partial charge in [0, 0.05) is 11.6 Å². The smallest absolute Gasteiger partial charge is 0.237 e. The summed E-state index contributed by atoms with van der Waals surface area (Å²) in [7, 11) is 0. The number of nitrogens with one attached hydrogen (secondary N) is 1. The molecule has 0 saturated heterocycles. The standard InChI is InChI=1S/C16H24F2N2O/c1-5-6-13(19)15(21)20-14(16(2,3)4)11-8-7-10(17)9-12(11)18/h7-9,13-14H,5-6,19H2,1-4H3,(H,20,21). The van der Waals surface area contributed by atoms with Crippen LogP contribution in [0.3, 0.4) is 0 Å². The summed E-state index contributed by atoms with van der Waals surface area (Å²) in [6.45, 7) is 7.58. The molecule has 0 spiro atoms. The van der Waals surface area contributed by atoms with E-state index in [1.54, 1.807) is 0 Å². The molecule has 2 unspecified atom stereocenters. The highest BCUT2D eigenvalue weighted by Gasteiger charge is 2.31. The summed E-state index contributed by atoms with van der Waals surface area (Å²) in [5.41, 5.74) is 5.63. The summed E-state index contributed by atoms with van der Waals surface area (Å²) in [5, 5.41) is 2.79. The Morgan fingerprint density at radius 3 is 2.43 bits per heavy atom. The van der Waals surface area contributed by atoms with Gasteiger partial charge in [-0.25, -0.2) is 8.78 Å². The van der Waals surface area contributed by atoms with E-state index in [9.17, 15) is 13.6 Å². The molecule has 0 aromatic heterocycles. The summed E-state index contributed by atoms with van der Waals surface area (Å²) in [6, 6.07) is 2.19. The second-order valence-corrected chi connectivity index (χ2v) is 6.37. The van der Waals surface area contributed by atoms with Crippen LogP contribution in [-0.4, -0.2) is 11.9 Å². The first-order valence-corrected chi connectivity index (χ1v) is 7.17. The second-order valence-electron chi connectivity index (χ2n) is 6.37. The maximum Gasteiger partial charge on any atom is 0.237 e. The average Bonchev–Trinajstić information content (AvgIpc) is 2.35. The van der Waals surface area contributed by atoms with Crippen LogP contribution in [-0.2, 0) is 4.79 Å². The minimum absolute atomic E-state index is 0.265. The number of benzene rings is 1. The molecule has 5 heteroatoms. The molecule has 0 aliphatic carbocycles. The van der Waals surface area contributed by atoms with E-state index in [1.165, 1.54) is 12.1 Å². The lowest BCUT2D eigenvalue weighted by Crippen LogP contribution is -2.45. The topological polar surface area (TPSA) is 55.1 Å². The van der Waals surface area contributed by atoms with Crippen LogP contribution in [0.15, 0.2) is 18.2 Å². The van der Waals surface area contributed by atoms with E-state index >= 15 is 0 Å². The molecule has 2 atom stereocenters. The van der Waals surface area contributed by atoms with Crippen LogP contribution in [0.4, 0.5) is 8.78 Å². The highest BCUT2D eigenvalue weighted by atomic mass is 19.1. The zero-order valence-corrected chi connectivity index (χ0v) is 13.0. The number of amides is 1. The monoisotopic (exact) mass is 298 g/mol. The molecule has 1 aromatic rings. The van der Waals surface area contributed by atoms with Gasteiger partial charge in [0.25, 0.3) is 0 Å². The average molecular weight is 298 g/mol. The Bertz CT molecular complexity index is 498. The number of carbonyl (C=O) groups is 1. The summed E-state index contributed by atoms with van der Waals surface area (Å²) in [4.78, 5) is 12.1. The van der Waals surface area contributed by atoms with Gasteiger partial charge in [-0.1, -0.05) is 40.2 Å². The minimum atomic E-state index is -0.667. The van der Waals surface area contributed by atoms with Crippen molar-refractivity contribution in [2.75, 3.05) is 0 Å². The van der Waals surface area contributed by atoms with Crippen LogP contribution < -0.4 is 11.1 Å². The molecule has 21 heavy (non-hydrogen) atoms. The van der Waals surface area contributed by atoms with Crippen LogP contribution in [0.1, 0.15) is 52.1 Å². The van der Waals surface area contributed by atoms with E-state index in [-0.39, 0.29) is 11.5 Å². The molecule has 0 bridgehead atoms. The van der Waals surface area contributed by atoms with Gasteiger partial charge in [-0.2, -0.15) is 0 Å². The molecule has 118 valence electrons. The van der Waals surface area contributed by atoms with Gasteiger partial charge in [-0.15, -0.1) is 0 Å².